The van der Waals surface area contributed by atoms with Crippen LogP contribution in [0.25, 0.3) is 0 Å². The lowest BCUT2D eigenvalue weighted by molar-refractivity contribution is -0.141. The number of carboxylic acid groups (broad SMARTS) is 1. The van der Waals surface area contributed by atoms with Crippen LogP contribution in [0.4, 0.5) is 0 Å². The van der Waals surface area contributed by atoms with Crippen LogP contribution in [0, 0.1) is 0 Å². The van der Waals surface area contributed by atoms with Crippen molar-refractivity contribution in [2.45, 2.75) is 25.1 Å². The average Bonchev–Trinajstić information content (AvgIpc) is 2.37. The second-order valence-electron chi connectivity index (χ2n) is 2.36. The number of nitrogens with one attached hydrogen (secondary N) is 1. The number of carbonyl (C=O) groups excluding carboxylic acids is 1. The SMILES string of the molecule is O=CO[C@@H]1CC[C@@H](C(=O)O)N1. The molecule has 5 nitrogen and oxygen atoms in total. The Morgan fingerprint density at radius 2 is 2.36 bits per heavy atom. The van der Waals surface area contributed by atoms with E-state index in [-0.39, 0.29) is 0 Å². The van der Waals surface area contributed by atoms with E-state index in [1.165, 1.54) is 0 Å². The summed E-state index contributed by atoms with van der Waals surface area (Å²) in [6.07, 6.45) is 0.650. The first-order valence-corrected chi connectivity index (χ1v) is 3.32. The molecule has 0 aromatic carbocycles. The molecule has 0 aliphatic carbocycles. The lowest BCUT2D eigenvalue weighted by Gasteiger charge is -2.08. The van der Waals surface area contributed by atoms with Gasteiger partial charge in [-0.3, -0.25) is 14.9 Å². The number of aliphatic carboxylic acids is 1. The molecule has 0 radical (unpaired) electrons. The molecule has 1 rings (SSSR count). The summed E-state index contributed by atoms with van der Waals surface area (Å²) in [6, 6.07) is -0.569. The Kier molecular flexibility index (Phi) is 2.43. The summed E-state index contributed by atoms with van der Waals surface area (Å²) in [7, 11) is 0. The summed E-state index contributed by atoms with van der Waals surface area (Å²) in [5, 5.41) is 11.1. The third kappa shape index (κ3) is 1.91. The molecule has 1 fully saturated rings. The van der Waals surface area contributed by atoms with Crippen molar-refractivity contribution in [2.75, 3.05) is 0 Å². The molecule has 62 valence electrons. The second-order valence-corrected chi connectivity index (χ2v) is 2.36. The summed E-state index contributed by atoms with van der Waals surface area (Å²) in [4.78, 5) is 20.2. The van der Waals surface area contributed by atoms with Crippen LogP contribution in [0.5, 0.6) is 0 Å². The monoisotopic (exact) mass is 159 g/mol. The Labute approximate surface area is 63.3 Å². The maximum absolute atomic E-state index is 10.3. The number of hydrogen-bond donors (Lipinski definition) is 2. The van der Waals surface area contributed by atoms with Crippen molar-refractivity contribution in [3.05, 3.63) is 0 Å². The zero-order valence-corrected chi connectivity index (χ0v) is 5.82. The zero-order valence-electron chi connectivity index (χ0n) is 5.82. The molecular weight excluding hydrogens is 150 g/mol. The fraction of sp³-hybridized carbons (Fsp3) is 0.667. The van der Waals surface area contributed by atoms with Crippen molar-refractivity contribution in [1.29, 1.82) is 0 Å². The number of carbonyl (C=O) groups is 2. The Bertz CT molecular complexity index is 170. The average molecular weight is 159 g/mol. The lowest BCUT2D eigenvalue weighted by Crippen LogP contribution is -2.36. The maximum Gasteiger partial charge on any atom is 0.320 e. The first-order valence-electron chi connectivity index (χ1n) is 3.32. The normalized spacial score (nSPS) is 29.8. The van der Waals surface area contributed by atoms with Crippen molar-refractivity contribution in [2.24, 2.45) is 0 Å². The third-order valence-corrected chi connectivity index (χ3v) is 1.62. The van der Waals surface area contributed by atoms with Crippen molar-refractivity contribution < 1.29 is 19.4 Å². The molecule has 1 aliphatic rings. The minimum atomic E-state index is -0.901. The van der Waals surface area contributed by atoms with E-state index in [0.717, 1.165) is 0 Å². The summed E-state index contributed by atoms with van der Waals surface area (Å²) >= 11 is 0. The van der Waals surface area contributed by atoms with E-state index in [9.17, 15) is 9.59 Å². The molecule has 1 aliphatic heterocycles. The largest absolute Gasteiger partial charge is 0.480 e. The zero-order chi connectivity index (χ0) is 8.27. The number of ether oxygens (including phenoxy) is 1. The van der Waals surface area contributed by atoms with Crippen molar-refractivity contribution >= 4 is 12.4 Å². The predicted molar refractivity (Wildman–Crippen MR) is 34.7 cm³/mol. The smallest absolute Gasteiger partial charge is 0.320 e. The first-order chi connectivity index (χ1) is 5.24. The molecule has 0 spiro atoms. The second kappa shape index (κ2) is 3.34. The van der Waals surface area contributed by atoms with Gasteiger partial charge in [0.15, 0.2) is 6.23 Å². The minimum Gasteiger partial charge on any atom is -0.480 e. The number of hydrogen-bond acceptors (Lipinski definition) is 4. The van der Waals surface area contributed by atoms with Gasteiger partial charge in [0.25, 0.3) is 6.47 Å². The number of rotatable bonds is 3. The molecule has 0 bridgehead atoms. The summed E-state index contributed by atoms with van der Waals surface area (Å²) in [5.41, 5.74) is 0. The van der Waals surface area contributed by atoms with Gasteiger partial charge in [-0.1, -0.05) is 0 Å². The van der Waals surface area contributed by atoms with Gasteiger partial charge < -0.3 is 9.84 Å². The van der Waals surface area contributed by atoms with Gasteiger partial charge in [0, 0.05) is 6.42 Å². The highest BCUT2D eigenvalue weighted by molar-refractivity contribution is 5.73. The van der Waals surface area contributed by atoms with E-state index in [1.807, 2.05) is 0 Å². The predicted octanol–water partition coefficient (Wildman–Crippen LogP) is -0.678. The van der Waals surface area contributed by atoms with Crippen LogP contribution in [0.1, 0.15) is 12.8 Å². The fourth-order valence-corrected chi connectivity index (χ4v) is 1.08. The first kappa shape index (κ1) is 8.00. The van der Waals surface area contributed by atoms with Gasteiger partial charge in [0.05, 0.1) is 0 Å². The van der Waals surface area contributed by atoms with Crippen molar-refractivity contribution in [3.63, 3.8) is 0 Å². The molecule has 0 aromatic rings. The van der Waals surface area contributed by atoms with Crippen LogP contribution in [-0.4, -0.2) is 29.8 Å². The van der Waals surface area contributed by atoms with Gasteiger partial charge in [-0.25, -0.2) is 0 Å². The van der Waals surface area contributed by atoms with Gasteiger partial charge >= 0.3 is 5.97 Å². The standard InChI is InChI=1S/C6H9NO4/c8-3-11-5-2-1-4(7-5)6(9)10/h3-5,7H,1-2H2,(H,9,10)/t4-,5+/m0/s1. The Balaban J connectivity index is 2.34. The van der Waals surface area contributed by atoms with E-state index in [2.05, 4.69) is 10.1 Å². The van der Waals surface area contributed by atoms with E-state index in [0.29, 0.717) is 19.3 Å². The molecule has 2 N–H and O–H groups in total. The maximum atomic E-state index is 10.3. The summed E-state index contributed by atoms with van der Waals surface area (Å²) in [5.74, 6) is -0.901. The minimum absolute atomic E-state index is 0.321. The molecule has 0 saturated carbocycles. The van der Waals surface area contributed by atoms with E-state index >= 15 is 0 Å². The van der Waals surface area contributed by atoms with E-state index in [1.54, 1.807) is 0 Å². The van der Waals surface area contributed by atoms with Crippen LogP contribution in [0.2, 0.25) is 0 Å². The molecule has 0 aromatic heterocycles. The van der Waals surface area contributed by atoms with E-state index < -0.39 is 18.2 Å². The van der Waals surface area contributed by atoms with Gasteiger partial charge in [0.1, 0.15) is 6.04 Å². The Morgan fingerprint density at radius 1 is 1.64 bits per heavy atom. The van der Waals surface area contributed by atoms with E-state index in [4.69, 9.17) is 5.11 Å². The summed E-state index contributed by atoms with van der Waals surface area (Å²) < 4.78 is 4.53. The molecule has 0 amide bonds. The topological polar surface area (TPSA) is 75.6 Å². The van der Waals surface area contributed by atoms with Crippen molar-refractivity contribution in [3.8, 4) is 0 Å². The van der Waals surface area contributed by atoms with Gasteiger partial charge in [-0.2, -0.15) is 0 Å². The molecule has 1 saturated heterocycles. The third-order valence-electron chi connectivity index (χ3n) is 1.62. The number of carboxylic acids is 1. The van der Waals surface area contributed by atoms with Crippen LogP contribution in [-0.2, 0) is 14.3 Å². The Morgan fingerprint density at radius 3 is 2.82 bits per heavy atom. The highest BCUT2D eigenvalue weighted by Gasteiger charge is 2.29. The molecule has 5 heteroatoms. The lowest BCUT2D eigenvalue weighted by atomic mass is 10.2. The molecule has 0 unspecified atom stereocenters. The van der Waals surface area contributed by atoms with Gasteiger partial charge in [0.2, 0.25) is 0 Å². The van der Waals surface area contributed by atoms with Crippen LogP contribution < -0.4 is 5.32 Å². The molecular formula is C6H9NO4. The van der Waals surface area contributed by atoms with Crippen LogP contribution in [0.15, 0.2) is 0 Å². The molecule has 11 heavy (non-hydrogen) atoms. The highest BCUT2D eigenvalue weighted by atomic mass is 16.5. The van der Waals surface area contributed by atoms with Gasteiger partial charge in [-0.05, 0) is 6.42 Å². The fourth-order valence-electron chi connectivity index (χ4n) is 1.08. The Hall–Kier alpha value is -1.10. The van der Waals surface area contributed by atoms with Crippen LogP contribution >= 0.6 is 0 Å². The van der Waals surface area contributed by atoms with Gasteiger partial charge in [-0.15, -0.1) is 0 Å². The molecule has 2 atom stereocenters. The quantitative estimate of drug-likeness (QED) is 0.534. The summed E-state index contributed by atoms with van der Waals surface area (Å²) in [6.45, 7) is 0.321. The molecule has 1 heterocycles. The van der Waals surface area contributed by atoms with Crippen LogP contribution in [0.3, 0.4) is 0 Å². The highest BCUT2D eigenvalue weighted by Crippen LogP contribution is 2.12. The van der Waals surface area contributed by atoms with Crippen molar-refractivity contribution in [1.82, 2.24) is 5.32 Å².